The number of hydrogen-bond acceptors (Lipinski definition) is 17. The molecule has 21 nitrogen and oxygen atoms in total. The lowest BCUT2D eigenvalue weighted by Gasteiger charge is -2.26. The first-order valence-electron chi connectivity index (χ1n) is 27.9. The molecule has 0 unspecified atom stereocenters. The second-order valence-corrected chi connectivity index (χ2v) is 23.3. The van der Waals surface area contributed by atoms with Gasteiger partial charge in [0.05, 0.1) is 86.9 Å². The second kappa shape index (κ2) is 32.1. The Morgan fingerprint density at radius 2 is 1.32 bits per heavy atom. The quantitative estimate of drug-likeness (QED) is 0.00910. The number of amides is 2. The molecule has 0 spiro atoms. The van der Waals surface area contributed by atoms with E-state index in [9.17, 15) is 31.0 Å². The van der Waals surface area contributed by atoms with Crippen LogP contribution in [0.5, 0.6) is 11.5 Å². The van der Waals surface area contributed by atoms with Crippen molar-refractivity contribution in [2.75, 3.05) is 90.5 Å². The summed E-state index contributed by atoms with van der Waals surface area (Å²) in [4.78, 5) is 31.3. The van der Waals surface area contributed by atoms with Crippen LogP contribution in [-0.2, 0) is 64.4 Å². The highest BCUT2D eigenvalue weighted by Crippen LogP contribution is 2.41. The van der Waals surface area contributed by atoms with Crippen LogP contribution in [0.3, 0.4) is 0 Å². The SMILES string of the molecule is CCC(CC)=c1ccc2c(c1)Oc1cc(N(CC)CC)ccc1C=2c1ccc(S(=O)(=O)NCCOCCOCCOCCOCCC(=O)NCCNC(=O)CCc2cc(-c3ccc(C)cc3)n(-c3ccc(SOON)cc3)n2)cc1S(=O)(=O)O. The number of carbonyl (C=O) groups excluding carboxylic acids is 2. The van der Waals surface area contributed by atoms with Gasteiger partial charge in [0, 0.05) is 96.1 Å². The number of ether oxygens (including phenoxy) is 5. The molecule has 0 saturated heterocycles. The molecule has 0 bridgehead atoms. The van der Waals surface area contributed by atoms with Gasteiger partial charge in [-0.15, -0.1) is 9.32 Å². The summed E-state index contributed by atoms with van der Waals surface area (Å²) in [5.41, 5.74) is 7.89. The minimum atomic E-state index is -4.95. The number of carbonyl (C=O) groups is 2. The van der Waals surface area contributed by atoms with Gasteiger partial charge in [-0.1, -0.05) is 61.4 Å². The standard InChI is InChI=1S/C60H75N7O14S3/c1-6-43(7-2)45-14-22-51-55(38-45)79-56-40-48(66(8-3)9-4)18-23-52(56)60(51)53-24-21-50(41-57(53)84(72,73)74)83(70,71)64-29-31-76-33-35-78-37-36-77-34-32-75-30-26-59(69)63-28-27-62-58(68)25-15-46-39-54(44-12-10-42(5)11-13-44)67(65-46)47-16-19-49(20-17-47)82-81-80-61/h10-14,16-24,38-41,64H,6-9,15,25-37,61H2,1-5H3,(H,62,68)(H,63,69)(H,72,73,74). The van der Waals surface area contributed by atoms with Gasteiger partial charge in [-0.25, -0.2) is 17.8 Å². The zero-order valence-corrected chi connectivity index (χ0v) is 50.5. The molecule has 5 aromatic carbocycles. The highest BCUT2D eigenvalue weighted by molar-refractivity contribution is 7.94. The number of fused-ring (bicyclic) bond motifs is 2. The van der Waals surface area contributed by atoms with E-state index in [1.54, 1.807) is 0 Å². The van der Waals surface area contributed by atoms with Crippen molar-refractivity contribution < 1.29 is 64.0 Å². The summed E-state index contributed by atoms with van der Waals surface area (Å²) in [6.45, 7) is 13.9. The third kappa shape index (κ3) is 18.2. The van der Waals surface area contributed by atoms with Gasteiger partial charge < -0.3 is 39.2 Å². The van der Waals surface area contributed by atoms with E-state index in [2.05, 4.69) is 52.9 Å². The van der Waals surface area contributed by atoms with Gasteiger partial charge in [0.1, 0.15) is 16.4 Å². The Kier molecular flexibility index (Phi) is 24.9. The maximum Gasteiger partial charge on any atom is 0.295 e. The number of anilines is 1. The third-order valence-electron chi connectivity index (χ3n) is 13.8. The topological polar surface area (TPSA) is 270 Å². The van der Waals surface area contributed by atoms with Gasteiger partial charge in [0.15, 0.2) is 0 Å². The van der Waals surface area contributed by atoms with Crippen LogP contribution >= 0.6 is 12.0 Å². The lowest BCUT2D eigenvalue weighted by molar-refractivity contribution is -0.195. The molecule has 7 rings (SSSR count). The Morgan fingerprint density at radius 3 is 1.95 bits per heavy atom. The van der Waals surface area contributed by atoms with Gasteiger partial charge in [0.2, 0.25) is 21.8 Å². The second-order valence-electron chi connectivity index (χ2n) is 19.3. The monoisotopic (exact) mass is 1210 g/mol. The Morgan fingerprint density at radius 1 is 0.690 bits per heavy atom. The molecule has 0 atom stereocenters. The Hall–Kier alpha value is -6.52. The van der Waals surface area contributed by atoms with Crippen LogP contribution in [0.4, 0.5) is 5.69 Å². The summed E-state index contributed by atoms with van der Waals surface area (Å²) in [6.07, 6.45) is 2.44. The Bertz CT molecular complexity index is 3520. The van der Waals surface area contributed by atoms with Crippen LogP contribution in [0.15, 0.2) is 124 Å². The van der Waals surface area contributed by atoms with Crippen LogP contribution < -0.4 is 41.3 Å². The fourth-order valence-electron chi connectivity index (χ4n) is 9.38. The zero-order valence-electron chi connectivity index (χ0n) is 48.0. The van der Waals surface area contributed by atoms with Gasteiger partial charge in [-0.05, 0) is 106 Å². The number of sulfonamides is 1. The number of nitrogens with one attached hydrogen (secondary N) is 3. The summed E-state index contributed by atoms with van der Waals surface area (Å²) in [7, 11) is -9.20. The molecule has 0 saturated carbocycles. The molecule has 0 fully saturated rings. The van der Waals surface area contributed by atoms with Gasteiger partial charge in [-0.3, -0.25) is 14.1 Å². The van der Waals surface area contributed by atoms with Crippen molar-refractivity contribution in [2.24, 2.45) is 5.90 Å². The van der Waals surface area contributed by atoms with Crippen molar-refractivity contribution in [1.29, 1.82) is 0 Å². The minimum Gasteiger partial charge on any atom is -0.456 e. The van der Waals surface area contributed by atoms with E-state index in [0.717, 1.165) is 88.0 Å². The fraction of sp³-hybridized carbons (Fsp3) is 0.383. The van der Waals surface area contributed by atoms with Crippen LogP contribution in [0.2, 0.25) is 0 Å². The molecule has 0 aliphatic carbocycles. The molecule has 84 heavy (non-hydrogen) atoms. The Labute approximate surface area is 495 Å². The smallest absolute Gasteiger partial charge is 0.295 e. The summed E-state index contributed by atoms with van der Waals surface area (Å²) < 4.78 is 102. The molecule has 6 N–H and O–H groups in total. The van der Waals surface area contributed by atoms with E-state index in [4.69, 9.17) is 39.0 Å². The van der Waals surface area contributed by atoms with Crippen LogP contribution in [-0.4, -0.2) is 129 Å². The van der Waals surface area contributed by atoms with E-state index in [-0.39, 0.29) is 108 Å². The first kappa shape index (κ1) is 65.0. The van der Waals surface area contributed by atoms with Gasteiger partial charge in [-0.2, -0.15) is 19.4 Å². The maximum atomic E-state index is 13.5. The molecule has 0 radical (unpaired) electrons. The first-order valence-corrected chi connectivity index (χ1v) is 31.6. The number of aryl methyl sites for hydroxylation is 2. The number of aromatic nitrogens is 2. The van der Waals surface area contributed by atoms with Gasteiger partial charge >= 0.3 is 0 Å². The summed E-state index contributed by atoms with van der Waals surface area (Å²) in [6, 6.07) is 32.8. The van der Waals surface area contributed by atoms with Crippen molar-refractivity contribution in [3.63, 3.8) is 0 Å². The number of nitrogens with two attached hydrogens (primary N) is 1. The summed E-state index contributed by atoms with van der Waals surface area (Å²) >= 11 is 0.983. The molecule has 6 aromatic rings. The molecular formula is C60H75N7O14S3. The molecular weight excluding hydrogens is 1140 g/mol. The summed E-state index contributed by atoms with van der Waals surface area (Å²) in [5, 5.41) is 12.0. The molecule has 452 valence electrons. The number of nitrogens with zero attached hydrogens (tertiary/aromatic N) is 3. The average molecular weight is 1210 g/mol. The van der Waals surface area contributed by atoms with Crippen molar-refractivity contribution in [3.8, 4) is 28.4 Å². The largest absolute Gasteiger partial charge is 0.456 e. The number of rotatable bonds is 35. The van der Waals surface area contributed by atoms with E-state index in [0.29, 0.717) is 34.3 Å². The molecule has 2 amide bonds. The lowest BCUT2D eigenvalue weighted by atomic mass is 9.92. The van der Waals surface area contributed by atoms with Crippen LogP contribution in [0.1, 0.15) is 75.8 Å². The number of benzene rings is 5. The lowest BCUT2D eigenvalue weighted by Crippen LogP contribution is -2.35. The van der Waals surface area contributed by atoms with E-state index in [1.807, 2.05) is 103 Å². The van der Waals surface area contributed by atoms with E-state index in [1.165, 1.54) is 17.7 Å². The van der Waals surface area contributed by atoms with Crippen molar-refractivity contribution >= 4 is 60.8 Å². The fourth-order valence-corrected chi connectivity index (χ4v) is 11.6. The summed E-state index contributed by atoms with van der Waals surface area (Å²) in [5.74, 6) is 5.59. The molecule has 24 heteroatoms. The highest BCUT2D eigenvalue weighted by atomic mass is 32.2. The number of hydrogen-bond donors (Lipinski definition) is 5. The predicted octanol–water partition coefficient (Wildman–Crippen LogP) is 6.69. The third-order valence-corrected chi connectivity index (χ3v) is 16.7. The van der Waals surface area contributed by atoms with Crippen molar-refractivity contribution in [2.45, 2.75) is 81.4 Å². The average Bonchev–Trinajstić information content (AvgIpc) is 1.09. The van der Waals surface area contributed by atoms with Crippen LogP contribution in [0.25, 0.3) is 28.1 Å². The predicted molar refractivity (Wildman–Crippen MR) is 321 cm³/mol. The molecule has 1 aromatic heterocycles. The minimum absolute atomic E-state index is 0.000580. The van der Waals surface area contributed by atoms with Crippen molar-refractivity contribution in [1.82, 2.24) is 25.1 Å². The normalized spacial score (nSPS) is 12.2. The molecule has 1 aliphatic heterocycles. The van der Waals surface area contributed by atoms with Crippen molar-refractivity contribution in [3.05, 3.63) is 142 Å². The van der Waals surface area contributed by atoms with E-state index < -0.39 is 25.0 Å². The highest BCUT2D eigenvalue weighted by Gasteiger charge is 2.29. The molecule has 2 heterocycles. The maximum absolute atomic E-state index is 13.5. The zero-order chi connectivity index (χ0) is 60.1. The Balaban J connectivity index is 0.760. The van der Waals surface area contributed by atoms with E-state index >= 15 is 0 Å². The first-order chi connectivity index (χ1) is 40.6. The van der Waals surface area contributed by atoms with Gasteiger partial charge in [0.25, 0.3) is 10.1 Å². The molecule has 1 aliphatic rings. The van der Waals surface area contributed by atoms with Crippen LogP contribution in [0, 0.1) is 6.92 Å².